The van der Waals surface area contributed by atoms with Gasteiger partial charge in [-0.3, -0.25) is 4.79 Å². The molecule has 0 aliphatic heterocycles. The lowest BCUT2D eigenvalue weighted by Gasteiger charge is -2.09. The summed E-state index contributed by atoms with van der Waals surface area (Å²) in [4.78, 5) is 12.1. The van der Waals surface area contributed by atoms with Crippen LogP contribution in [-0.4, -0.2) is 10.5 Å². The van der Waals surface area contributed by atoms with Gasteiger partial charge in [0.2, 0.25) is 0 Å². The first-order valence-electron chi connectivity index (χ1n) is 6.53. The topological polar surface area (TPSA) is 60.0 Å². The molecule has 0 unspecified atom stereocenters. The minimum absolute atomic E-state index is 0.0197. The van der Waals surface area contributed by atoms with Gasteiger partial charge in [0.15, 0.2) is 0 Å². The number of aromatic nitrogens is 1. The van der Waals surface area contributed by atoms with Crippen LogP contribution in [0.25, 0.3) is 0 Å². The highest BCUT2D eigenvalue weighted by Gasteiger charge is 2.26. The van der Waals surface area contributed by atoms with Gasteiger partial charge < -0.3 is 15.6 Å². The smallest absolute Gasteiger partial charge is 0.268 e. The van der Waals surface area contributed by atoms with Crippen molar-refractivity contribution in [1.29, 1.82) is 0 Å². The Morgan fingerprint density at radius 1 is 1.26 bits per heavy atom. The standard InChI is InChI=1S/C15H17N3O/c16-12-5-3-11(4-6-12)10-17-15(19)14-2-1-9-18(14)13-7-8-13/h1-6,9,13H,7-8,10,16H2,(H,17,19). The molecule has 0 spiro atoms. The summed E-state index contributed by atoms with van der Waals surface area (Å²) >= 11 is 0. The van der Waals surface area contributed by atoms with Crippen LogP contribution < -0.4 is 11.1 Å². The maximum absolute atomic E-state index is 12.1. The van der Waals surface area contributed by atoms with E-state index >= 15 is 0 Å². The fourth-order valence-electron chi connectivity index (χ4n) is 2.17. The molecule has 98 valence electrons. The Bertz CT molecular complexity index is 582. The number of carbonyl (C=O) groups excluding carboxylic acids is 1. The van der Waals surface area contributed by atoms with E-state index in [1.807, 2.05) is 42.6 Å². The highest BCUT2D eigenvalue weighted by molar-refractivity contribution is 5.92. The first-order chi connectivity index (χ1) is 9.24. The maximum atomic E-state index is 12.1. The zero-order valence-electron chi connectivity index (χ0n) is 10.7. The van der Waals surface area contributed by atoms with Crippen LogP contribution in [0.4, 0.5) is 5.69 Å². The number of hydrogen-bond donors (Lipinski definition) is 2. The number of benzene rings is 1. The van der Waals surface area contributed by atoms with Gasteiger partial charge in [0, 0.05) is 24.5 Å². The van der Waals surface area contributed by atoms with Crippen molar-refractivity contribution in [2.45, 2.75) is 25.4 Å². The van der Waals surface area contributed by atoms with Gasteiger partial charge in [-0.15, -0.1) is 0 Å². The minimum atomic E-state index is -0.0197. The molecule has 1 saturated carbocycles. The van der Waals surface area contributed by atoms with E-state index in [4.69, 9.17) is 5.73 Å². The first kappa shape index (κ1) is 11.8. The summed E-state index contributed by atoms with van der Waals surface area (Å²) in [5.41, 5.74) is 8.16. The Hall–Kier alpha value is -2.23. The number of rotatable bonds is 4. The summed E-state index contributed by atoms with van der Waals surface area (Å²) in [6.07, 6.45) is 4.33. The number of nitrogens with one attached hydrogen (secondary N) is 1. The van der Waals surface area contributed by atoms with E-state index < -0.39 is 0 Å². The summed E-state index contributed by atoms with van der Waals surface area (Å²) in [5, 5.41) is 2.94. The van der Waals surface area contributed by atoms with Gasteiger partial charge in [0.1, 0.15) is 5.69 Å². The molecule has 1 aliphatic rings. The summed E-state index contributed by atoms with van der Waals surface area (Å²) < 4.78 is 2.07. The normalized spacial score (nSPS) is 14.3. The van der Waals surface area contributed by atoms with Gasteiger partial charge in [-0.2, -0.15) is 0 Å². The zero-order valence-corrected chi connectivity index (χ0v) is 10.7. The van der Waals surface area contributed by atoms with E-state index in [0.717, 1.165) is 16.9 Å². The van der Waals surface area contributed by atoms with E-state index in [2.05, 4.69) is 9.88 Å². The summed E-state index contributed by atoms with van der Waals surface area (Å²) in [6.45, 7) is 0.523. The van der Waals surface area contributed by atoms with E-state index in [1.54, 1.807) is 0 Å². The molecule has 2 aromatic rings. The van der Waals surface area contributed by atoms with Crippen molar-refractivity contribution in [3.63, 3.8) is 0 Å². The maximum Gasteiger partial charge on any atom is 0.268 e. The number of nitrogens with zero attached hydrogens (tertiary/aromatic N) is 1. The molecule has 3 rings (SSSR count). The van der Waals surface area contributed by atoms with E-state index in [9.17, 15) is 4.79 Å². The summed E-state index contributed by atoms with van der Waals surface area (Å²) in [5.74, 6) is -0.0197. The Morgan fingerprint density at radius 2 is 2.00 bits per heavy atom. The Kier molecular flexibility index (Phi) is 2.99. The van der Waals surface area contributed by atoms with Gasteiger partial charge in [0.05, 0.1) is 0 Å². The molecule has 0 saturated heterocycles. The van der Waals surface area contributed by atoms with Crippen LogP contribution in [0.2, 0.25) is 0 Å². The van der Waals surface area contributed by atoms with Crippen molar-refractivity contribution in [3.05, 3.63) is 53.9 Å². The summed E-state index contributed by atoms with van der Waals surface area (Å²) in [7, 11) is 0. The Labute approximate surface area is 112 Å². The molecule has 3 N–H and O–H groups in total. The zero-order chi connectivity index (χ0) is 13.2. The van der Waals surface area contributed by atoms with Crippen LogP contribution in [0, 0.1) is 0 Å². The molecule has 0 bridgehead atoms. The quantitative estimate of drug-likeness (QED) is 0.824. The lowest BCUT2D eigenvalue weighted by molar-refractivity contribution is 0.0941. The number of carbonyl (C=O) groups is 1. The van der Waals surface area contributed by atoms with Crippen molar-refractivity contribution in [2.75, 3.05) is 5.73 Å². The molecule has 1 amide bonds. The van der Waals surface area contributed by atoms with Crippen molar-refractivity contribution < 1.29 is 4.79 Å². The van der Waals surface area contributed by atoms with Crippen molar-refractivity contribution in [2.24, 2.45) is 0 Å². The highest BCUT2D eigenvalue weighted by atomic mass is 16.1. The van der Waals surface area contributed by atoms with Crippen LogP contribution in [-0.2, 0) is 6.54 Å². The molecular formula is C15H17N3O. The number of amides is 1. The molecule has 4 nitrogen and oxygen atoms in total. The Morgan fingerprint density at radius 3 is 2.68 bits per heavy atom. The van der Waals surface area contributed by atoms with Gasteiger partial charge >= 0.3 is 0 Å². The monoisotopic (exact) mass is 255 g/mol. The average Bonchev–Trinajstić information content (AvgIpc) is 3.15. The second kappa shape index (κ2) is 4.80. The fourth-order valence-corrected chi connectivity index (χ4v) is 2.17. The van der Waals surface area contributed by atoms with Gasteiger partial charge in [0.25, 0.3) is 5.91 Å². The molecule has 1 fully saturated rings. The van der Waals surface area contributed by atoms with Crippen LogP contribution in [0.15, 0.2) is 42.6 Å². The third-order valence-corrected chi connectivity index (χ3v) is 3.38. The predicted octanol–water partition coefficient (Wildman–Crippen LogP) is 2.34. The largest absolute Gasteiger partial charge is 0.399 e. The molecule has 19 heavy (non-hydrogen) atoms. The van der Waals surface area contributed by atoms with Crippen LogP contribution in [0.3, 0.4) is 0 Å². The lowest BCUT2D eigenvalue weighted by Crippen LogP contribution is -2.25. The van der Waals surface area contributed by atoms with E-state index in [-0.39, 0.29) is 5.91 Å². The molecule has 1 aliphatic carbocycles. The minimum Gasteiger partial charge on any atom is -0.399 e. The Balaban J connectivity index is 1.64. The number of anilines is 1. The molecule has 1 heterocycles. The average molecular weight is 255 g/mol. The van der Waals surface area contributed by atoms with Crippen molar-refractivity contribution >= 4 is 11.6 Å². The van der Waals surface area contributed by atoms with Gasteiger partial charge in [-0.25, -0.2) is 0 Å². The van der Waals surface area contributed by atoms with E-state index in [1.165, 1.54) is 12.8 Å². The third kappa shape index (κ3) is 2.62. The van der Waals surface area contributed by atoms with Crippen molar-refractivity contribution in [3.8, 4) is 0 Å². The molecular weight excluding hydrogens is 238 g/mol. The highest BCUT2D eigenvalue weighted by Crippen LogP contribution is 2.35. The molecule has 0 radical (unpaired) electrons. The van der Waals surface area contributed by atoms with Crippen molar-refractivity contribution in [1.82, 2.24) is 9.88 Å². The SMILES string of the molecule is Nc1ccc(CNC(=O)c2cccn2C2CC2)cc1. The van der Waals surface area contributed by atoms with E-state index in [0.29, 0.717) is 12.6 Å². The summed E-state index contributed by atoms with van der Waals surface area (Å²) in [6, 6.07) is 11.9. The van der Waals surface area contributed by atoms with Gasteiger partial charge in [-0.1, -0.05) is 12.1 Å². The van der Waals surface area contributed by atoms with Crippen LogP contribution in [0.1, 0.15) is 34.9 Å². The lowest BCUT2D eigenvalue weighted by atomic mass is 10.2. The number of nitrogen functional groups attached to an aromatic ring is 1. The predicted molar refractivity (Wildman–Crippen MR) is 74.7 cm³/mol. The first-order valence-corrected chi connectivity index (χ1v) is 6.53. The van der Waals surface area contributed by atoms with Gasteiger partial charge in [-0.05, 0) is 42.7 Å². The fraction of sp³-hybridized carbons (Fsp3) is 0.267. The third-order valence-electron chi connectivity index (χ3n) is 3.38. The number of nitrogens with two attached hydrogens (primary N) is 1. The molecule has 1 aromatic carbocycles. The molecule has 4 heteroatoms. The van der Waals surface area contributed by atoms with Crippen LogP contribution >= 0.6 is 0 Å². The van der Waals surface area contributed by atoms with Crippen LogP contribution in [0.5, 0.6) is 0 Å². The molecule has 1 aromatic heterocycles. The second-order valence-corrected chi connectivity index (χ2v) is 4.96. The number of hydrogen-bond acceptors (Lipinski definition) is 2. The molecule has 0 atom stereocenters. The second-order valence-electron chi connectivity index (χ2n) is 4.96.